The van der Waals surface area contributed by atoms with Gasteiger partial charge in [0.05, 0.1) is 23.4 Å². The Morgan fingerprint density at radius 3 is 2.40 bits per heavy atom. The van der Waals surface area contributed by atoms with Gasteiger partial charge in [0.15, 0.2) is 5.41 Å². The van der Waals surface area contributed by atoms with Crippen molar-refractivity contribution in [1.82, 2.24) is 0 Å². The van der Waals surface area contributed by atoms with Crippen molar-refractivity contribution in [2.24, 2.45) is 17.1 Å². The summed E-state index contributed by atoms with van der Waals surface area (Å²) < 4.78 is 5.97. The fourth-order valence-electron chi connectivity index (χ4n) is 4.65. The number of fused-ring (bicyclic) bond motifs is 1. The van der Waals surface area contributed by atoms with Gasteiger partial charge in [-0.2, -0.15) is 15.8 Å². The van der Waals surface area contributed by atoms with E-state index in [1.165, 1.54) is 0 Å². The first-order chi connectivity index (χ1) is 14.6. The van der Waals surface area contributed by atoms with E-state index in [9.17, 15) is 15.8 Å². The van der Waals surface area contributed by atoms with Gasteiger partial charge in [-0.3, -0.25) is 0 Å². The van der Waals surface area contributed by atoms with Crippen molar-refractivity contribution in [3.05, 3.63) is 83.1 Å². The van der Waals surface area contributed by atoms with Crippen molar-refractivity contribution < 1.29 is 4.74 Å². The number of rotatable bonds is 3. The minimum absolute atomic E-state index is 0.0544. The average molecular weight is 392 g/mol. The van der Waals surface area contributed by atoms with Crippen molar-refractivity contribution in [3.63, 3.8) is 0 Å². The van der Waals surface area contributed by atoms with Crippen molar-refractivity contribution in [2.45, 2.75) is 25.2 Å². The van der Waals surface area contributed by atoms with Crippen molar-refractivity contribution in [2.75, 3.05) is 0 Å². The molecule has 0 aromatic heterocycles. The lowest BCUT2D eigenvalue weighted by molar-refractivity contribution is 0.317. The molecule has 5 heteroatoms. The Labute approximate surface area is 175 Å². The number of hydrogen-bond acceptors (Lipinski definition) is 5. The number of para-hydroxylation sites is 1. The average Bonchev–Trinajstić information content (AvgIpc) is 2.79. The standard InChI is InChI=1S/C25H20N4O/c26-14-22-20-11-4-5-12-21(20)23(25(15-27,16-28)24(22)29)17-7-6-10-19(13-17)30-18-8-2-1-3-9-18/h1-3,6-11,13,21,23H,4-5,12,29H2/t21-,23+/m1/s1. The van der Waals surface area contributed by atoms with Crippen LogP contribution in [0.2, 0.25) is 0 Å². The predicted molar refractivity (Wildman–Crippen MR) is 112 cm³/mol. The molecule has 0 unspecified atom stereocenters. The first-order valence-electron chi connectivity index (χ1n) is 9.90. The molecular formula is C25H20N4O. The molecule has 0 saturated carbocycles. The van der Waals surface area contributed by atoms with Crippen LogP contribution in [0.3, 0.4) is 0 Å². The fourth-order valence-corrected chi connectivity index (χ4v) is 4.65. The van der Waals surface area contributed by atoms with Crippen LogP contribution in [0, 0.1) is 45.3 Å². The number of nitrogens with zero attached hydrogens (tertiary/aromatic N) is 3. The zero-order valence-corrected chi connectivity index (χ0v) is 16.4. The summed E-state index contributed by atoms with van der Waals surface area (Å²) in [5, 5.41) is 29.9. The highest BCUT2D eigenvalue weighted by Gasteiger charge is 2.53. The molecule has 2 atom stereocenters. The molecule has 0 saturated heterocycles. The maximum absolute atomic E-state index is 10.1. The van der Waals surface area contributed by atoms with Crippen LogP contribution < -0.4 is 10.5 Å². The second kappa shape index (κ2) is 7.78. The lowest BCUT2D eigenvalue weighted by Crippen LogP contribution is -2.42. The zero-order valence-electron chi connectivity index (χ0n) is 16.4. The summed E-state index contributed by atoms with van der Waals surface area (Å²) in [6.45, 7) is 0. The van der Waals surface area contributed by atoms with E-state index in [1.54, 1.807) is 0 Å². The molecule has 0 heterocycles. The van der Waals surface area contributed by atoms with Crippen LogP contribution in [-0.2, 0) is 0 Å². The van der Waals surface area contributed by atoms with Gasteiger partial charge in [-0.05, 0) is 60.6 Å². The molecule has 0 bridgehead atoms. The summed E-state index contributed by atoms with van der Waals surface area (Å²) in [5.74, 6) is 0.732. The Morgan fingerprint density at radius 1 is 0.967 bits per heavy atom. The highest BCUT2D eigenvalue weighted by Crippen LogP contribution is 2.56. The van der Waals surface area contributed by atoms with Gasteiger partial charge in [0.2, 0.25) is 0 Å². The molecular weight excluding hydrogens is 372 g/mol. The summed E-state index contributed by atoms with van der Waals surface area (Å²) >= 11 is 0. The molecule has 5 nitrogen and oxygen atoms in total. The molecule has 30 heavy (non-hydrogen) atoms. The normalized spacial score (nSPS) is 22.0. The molecule has 146 valence electrons. The topological polar surface area (TPSA) is 107 Å². The third kappa shape index (κ3) is 3.00. The van der Waals surface area contributed by atoms with E-state index in [1.807, 2.05) is 60.7 Å². The molecule has 2 aliphatic rings. The maximum Gasteiger partial charge on any atom is 0.191 e. The number of allylic oxidation sites excluding steroid dienone is 4. The Kier molecular flexibility index (Phi) is 5.01. The number of hydrogen-bond donors (Lipinski definition) is 1. The van der Waals surface area contributed by atoms with Gasteiger partial charge in [0, 0.05) is 5.92 Å². The molecule has 2 aromatic rings. The third-order valence-electron chi connectivity index (χ3n) is 6.00. The third-order valence-corrected chi connectivity index (χ3v) is 6.00. The van der Waals surface area contributed by atoms with Gasteiger partial charge in [-0.25, -0.2) is 0 Å². The molecule has 0 fully saturated rings. The maximum atomic E-state index is 10.1. The summed E-state index contributed by atoms with van der Waals surface area (Å²) in [7, 11) is 0. The monoisotopic (exact) mass is 392 g/mol. The second-order valence-corrected chi connectivity index (χ2v) is 7.59. The first-order valence-corrected chi connectivity index (χ1v) is 9.90. The van der Waals surface area contributed by atoms with Crippen LogP contribution in [0.15, 0.2) is 77.5 Å². The van der Waals surface area contributed by atoms with Crippen LogP contribution in [0.25, 0.3) is 0 Å². The molecule has 0 radical (unpaired) electrons. The summed E-state index contributed by atoms with van der Waals surface area (Å²) in [6.07, 6.45) is 4.64. The van der Waals surface area contributed by atoms with Gasteiger partial charge in [-0.1, -0.05) is 36.4 Å². The minimum Gasteiger partial charge on any atom is -0.457 e. The van der Waals surface area contributed by atoms with E-state index >= 15 is 0 Å². The Morgan fingerprint density at radius 2 is 1.70 bits per heavy atom. The number of benzene rings is 2. The highest BCUT2D eigenvalue weighted by molar-refractivity contribution is 5.59. The summed E-state index contributed by atoms with van der Waals surface area (Å²) in [4.78, 5) is 0. The first kappa shape index (κ1) is 19.3. The quantitative estimate of drug-likeness (QED) is 0.784. The van der Waals surface area contributed by atoms with E-state index in [4.69, 9.17) is 10.5 Å². The molecule has 0 spiro atoms. The van der Waals surface area contributed by atoms with Crippen LogP contribution in [-0.4, -0.2) is 0 Å². The molecule has 4 rings (SSSR count). The lowest BCUT2D eigenvalue weighted by atomic mass is 9.57. The van der Waals surface area contributed by atoms with Crippen molar-refractivity contribution in [1.29, 1.82) is 15.8 Å². The van der Waals surface area contributed by atoms with E-state index in [0.29, 0.717) is 11.5 Å². The largest absolute Gasteiger partial charge is 0.457 e. The Hall–Kier alpha value is -4.01. The van der Waals surface area contributed by atoms with Crippen molar-refractivity contribution in [3.8, 4) is 29.7 Å². The SMILES string of the molecule is N#CC1=C(N)C(C#N)(C#N)[C@@H](c2cccc(Oc3ccccc3)c2)[C@@H]2CCCC=C12. The predicted octanol–water partition coefficient (Wildman–Crippen LogP) is 5.07. The second-order valence-electron chi connectivity index (χ2n) is 7.59. The minimum atomic E-state index is -1.60. The van der Waals surface area contributed by atoms with Crippen LogP contribution in [0.4, 0.5) is 0 Å². The van der Waals surface area contributed by atoms with E-state index in [2.05, 4.69) is 18.2 Å². The molecule has 2 aliphatic carbocycles. The Bertz CT molecular complexity index is 1140. The summed E-state index contributed by atoms with van der Waals surface area (Å²) in [5.41, 5.74) is 6.74. The fraction of sp³-hybridized carbons (Fsp3) is 0.240. The van der Waals surface area contributed by atoms with Gasteiger partial charge in [0.1, 0.15) is 17.6 Å². The number of nitrogens with two attached hydrogens (primary N) is 1. The van der Waals surface area contributed by atoms with E-state index in [0.717, 1.165) is 30.4 Å². The van der Waals surface area contributed by atoms with Crippen LogP contribution >= 0.6 is 0 Å². The summed E-state index contributed by atoms with van der Waals surface area (Å²) in [6, 6.07) is 23.4. The number of nitriles is 3. The molecule has 2 N–H and O–H groups in total. The van der Waals surface area contributed by atoms with E-state index < -0.39 is 11.3 Å². The molecule has 0 aliphatic heterocycles. The smallest absolute Gasteiger partial charge is 0.191 e. The van der Waals surface area contributed by atoms with Crippen LogP contribution in [0.1, 0.15) is 30.7 Å². The van der Waals surface area contributed by atoms with Gasteiger partial charge >= 0.3 is 0 Å². The molecule has 2 aromatic carbocycles. The number of ether oxygens (including phenoxy) is 1. The Balaban J connectivity index is 1.86. The molecule has 0 amide bonds. The zero-order chi connectivity index (χ0) is 21.1. The van der Waals surface area contributed by atoms with Gasteiger partial charge in [-0.15, -0.1) is 0 Å². The van der Waals surface area contributed by atoms with Gasteiger partial charge in [0.25, 0.3) is 0 Å². The van der Waals surface area contributed by atoms with Gasteiger partial charge < -0.3 is 10.5 Å². The van der Waals surface area contributed by atoms with Crippen molar-refractivity contribution >= 4 is 0 Å². The lowest BCUT2D eigenvalue weighted by Gasteiger charge is -2.43. The highest BCUT2D eigenvalue weighted by atomic mass is 16.5. The van der Waals surface area contributed by atoms with E-state index in [-0.39, 0.29) is 17.2 Å². The van der Waals surface area contributed by atoms with Crippen LogP contribution in [0.5, 0.6) is 11.5 Å².